The van der Waals surface area contributed by atoms with E-state index in [2.05, 4.69) is 82.8 Å². The number of carbonyl (C=O) groups is 1. The second-order valence-corrected chi connectivity index (χ2v) is 31.1. The maximum atomic E-state index is 10.1. The van der Waals surface area contributed by atoms with Crippen molar-refractivity contribution in [3.63, 3.8) is 0 Å². The summed E-state index contributed by atoms with van der Waals surface area (Å²) in [4.78, 5) is 11.8. The molecule has 1 amide bonds. The van der Waals surface area contributed by atoms with Crippen LogP contribution in [0.1, 0.15) is 354 Å². The zero-order chi connectivity index (χ0) is 103. The Balaban J connectivity index is -0.000000152. The van der Waals surface area contributed by atoms with Crippen LogP contribution in [0.4, 0.5) is 0 Å². The van der Waals surface area contributed by atoms with Crippen LogP contribution < -0.4 is 68.0 Å². The number of ether oxygens (including phenoxy) is 9. The van der Waals surface area contributed by atoms with Gasteiger partial charge in [0.1, 0.15) is 20.0 Å². The fraction of sp³-hybridized carbons (Fsp3) is 0.883. The molecule has 11 N–H and O–H groups in total. The number of piperidine rings is 2. The Labute approximate surface area is 851 Å². The lowest BCUT2D eigenvalue weighted by atomic mass is 9.82. The molecule has 2 bridgehead atoms. The molecule has 16 fully saturated rings. The number of carbonyl (C=O) groups excluding carboxylic acids is 1. The molecular weight excluding hydrogens is 1730 g/mol. The lowest BCUT2D eigenvalue weighted by Gasteiger charge is -2.22. The van der Waals surface area contributed by atoms with E-state index < -0.39 is 0 Å². The smallest absolute Gasteiger partial charge is 0.209 e. The maximum absolute atomic E-state index is 10.1. The van der Waals surface area contributed by atoms with Crippen LogP contribution in [0.3, 0.4) is 0 Å². The normalized spacial score (nSPS) is 21.6. The molecule has 1 aliphatic carbocycles. The fourth-order valence-corrected chi connectivity index (χ4v) is 15.2. The van der Waals surface area contributed by atoms with Gasteiger partial charge in [0.25, 0.3) is 0 Å². The van der Waals surface area contributed by atoms with E-state index in [4.69, 9.17) is 42.6 Å². The summed E-state index contributed by atoms with van der Waals surface area (Å²) in [6.45, 7) is 97.7. The SMILES string of the molecule is C1CC2OC1C1CNCC21.C1CCCNCC1.C1CCCOCC1.C1CCNC1.C1CCNCC1.C1CCOCC1.C1CNCCN1.C1COCCN1.C1COCOC1.C1COCSC1.C1CSCCN1.C1NCC2CC12.CC.CC.CC.CC.CC.CC.CC.CC.CC.CC.CC.CC.CC.CC.CC.O=CN1CCNCC1.c1ccc2c(c1)CCNC2.c1ccc2c(c1)OCCO2. The summed E-state index contributed by atoms with van der Waals surface area (Å²) >= 11 is 3.91. The molecule has 17 heterocycles. The minimum absolute atomic E-state index is 0.500. The zero-order valence-corrected chi connectivity index (χ0v) is 97.0. The number of piperazine rings is 2. The third kappa shape index (κ3) is 107. The van der Waals surface area contributed by atoms with Gasteiger partial charge in [0, 0.05) is 155 Å². The molecule has 0 aromatic heterocycles. The van der Waals surface area contributed by atoms with Gasteiger partial charge in [-0.2, -0.15) is 11.8 Å². The second kappa shape index (κ2) is 147. The molecule has 6 atom stereocenters. The Kier molecular flexibility index (Phi) is 166. The quantitative estimate of drug-likeness (QED) is 0.119. The molecule has 6 unspecified atom stereocenters. The van der Waals surface area contributed by atoms with Crippen LogP contribution in [0.15, 0.2) is 48.5 Å². The van der Waals surface area contributed by atoms with Crippen LogP contribution in [-0.4, -0.2) is 277 Å². The summed E-state index contributed by atoms with van der Waals surface area (Å²) in [7, 11) is 0. The molecule has 15 saturated heterocycles. The van der Waals surface area contributed by atoms with Crippen molar-refractivity contribution in [1.29, 1.82) is 0 Å². The average molecular weight is 1970 g/mol. The van der Waals surface area contributed by atoms with E-state index in [0.717, 1.165) is 192 Å². The van der Waals surface area contributed by atoms with E-state index >= 15 is 0 Å². The number of thioether (sulfide) groups is 2. The summed E-state index contributed by atoms with van der Waals surface area (Å²) < 4.78 is 46.4. The molecule has 0 spiro atoms. The van der Waals surface area contributed by atoms with Crippen LogP contribution in [0, 0.1) is 23.7 Å². The molecule has 1 saturated carbocycles. The van der Waals surface area contributed by atoms with Gasteiger partial charge in [0.05, 0.1) is 44.6 Å². The van der Waals surface area contributed by atoms with Crippen LogP contribution in [0.2, 0.25) is 0 Å². The van der Waals surface area contributed by atoms with Gasteiger partial charge in [-0.15, -0.1) is 11.8 Å². The lowest BCUT2D eigenvalue weighted by Crippen LogP contribution is -2.42. The molecule has 20 rings (SSSR count). The minimum Gasteiger partial charge on any atom is -0.486 e. The number of hydrogen-bond donors (Lipinski definition) is 11. The highest BCUT2D eigenvalue weighted by molar-refractivity contribution is 7.99. The number of benzene rings is 2. The van der Waals surface area contributed by atoms with Crippen LogP contribution in [-0.2, 0) is 50.9 Å². The van der Waals surface area contributed by atoms with Crippen molar-refractivity contribution in [3.8, 4) is 11.5 Å². The van der Waals surface area contributed by atoms with E-state index in [1.807, 2.05) is 256 Å². The van der Waals surface area contributed by atoms with Crippen molar-refractivity contribution in [3.05, 3.63) is 59.7 Å². The first-order chi connectivity index (χ1) is 67.3. The zero-order valence-electron chi connectivity index (χ0n) is 95.3. The first-order valence-electron chi connectivity index (χ1n) is 56.9. The molecule has 135 heavy (non-hydrogen) atoms. The van der Waals surface area contributed by atoms with Gasteiger partial charge in [0.15, 0.2) is 11.5 Å². The number of nitrogens with zero attached hydrogens (tertiary/aromatic N) is 1. The molecule has 2 aromatic carbocycles. The largest absolute Gasteiger partial charge is 0.486 e. The van der Waals surface area contributed by atoms with Gasteiger partial charge >= 0.3 is 0 Å². The van der Waals surface area contributed by atoms with Gasteiger partial charge in [-0.1, -0.05) is 276 Å². The van der Waals surface area contributed by atoms with E-state index in [-0.39, 0.29) is 0 Å². The van der Waals surface area contributed by atoms with Gasteiger partial charge in [0.2, 0.25) is 6.41 Å². The molecular formula is C111H240N12O10S2. The summed E-state index contributed by atoms with van der Waals surface area (Å²) in [5.74, 6) is 10.5. The standard InChI is InChI=1S/C9H11N.C8H13NO.C8H8O2.C6H13N.C6H12O.C5H10N2O.C5H9N.C5H11N.C5H10O.C4H10N2.C4H9NO.C4H9NS.C4H9N.C4H8O2.C4H8OS.15C2H6/c1-2-4-9-7-10-6-5-8(9)3-1;1-2-8-6-4-9-3-5(6)7(1)10-8;1-2-4-8-7(3-1)9-5-6-10-8;2*1-2-4-6-7-5-3-1;8-5-7-3-1-6-2-4-7;1-4-2-6-3-5(1)4;2*1-2-4-6-5-3-1;1-2-6-4-3-5-1;2*1-3-6-4-2-5-1;1-2-4-5-3-1;2*1-2-5-4-6-3-1;15*1-2/h1-4,10H,5-7H2;5-9H,1-4H2;1-4H,5-6H2;7H,1-6H2;1-6H2;5-6H,1-4H2;4-6H,1-3H2;6H,1-5H2;1-5H2;5-6H,1-4H2;2*5H,1-4H2;5H,1-4H2;2*1-4H2;15*1-2H3. The molecule has 17 aliphatic heterocycles. The number of fused-ring (bicyclic) bond motifs is 8. The Bertz CT molecular complexity index is 1860. The number of para-hydroxylation sites is 2. The highest BCUT2D eigenvalue weighted by atomic mass is 32.2. The number of rotatable bonds is 1. The summed E-state index contributed by atoms with van der Waals surface area (Å²) in [5.41, 5.74) is 2.98. The molecule has 0 radical (unpaired) electrons. The monoisotopic (exact) mass is 1970 g/mol. The minimum atomic E-state index is 0.500. The van der Waals surface area contributed by atoms with Crippen LogP contribution in [0.25, 0.3) is 0 Å². The average Bonchev–Trinajstić information content (AvgIpc) is 1.64. The predicted molar refractivity (Wildman–Crippen MR) is 605 cm³/mol. The second-order valence-electron chi connectivity index (χ2n) is 28.9. The van der Waals surface area contributed by atoms with Crippen LogP contribution in [0.5, 0.6) is 11.5 Å². The summed E-state index contributed by atoms with van der Waals surface area (Å²) in [6, 6.07) is 16.3. The lowest BCUT2D eigenvalue weighted by molar-refractivity contribution is -0.118. The predicted octanol–water partition coefficient (Wildman–Crippen LogP) is 23.5. The summed E-state index contributed by atoms with van der Waals surface area (Å²) in [5, 5.41) is 36.0. The highest BCUT2D eigenvalue weighted by Crippen LogP contribution is 2.45. The maximum Gasteiger partial charge on any atom is 0.209 e. The Morgan fingerprint density at radius 1 is 0.289 bits per heavy atom. The Hall–Kier alpha value is -2.51. The van der Waals surface area contributed by atoms with Gasteiger partial charge in [-0.3, -0.25) is 4.79 Å². The first-order valence-corrected chi connectivity index (χ1v) is 59.3. The topological polar surface area (TPSA) is 236 Å². The molecule has 2 aromatic rings. The molecule has 24 heteroatoms. The van der Waals surface area contributed by atoms with Gasteiger partial charge in [-0.05, 0) is 209 Å². The van der Waals surface area contributed by atoms with E-state index in [1.165, 1.54) is 242 Å². The number of morpholine rings is 1. The molecule has 22 nitrogen and oxygen atoms in total. The molecule has 18 aliphatic rings. The van der Waals surface area contributed by atoms with Crippen LogP contribution >= 0.6 is 23.5 Å². The van der Waals surface area contributed by atoms with Gasteiger partial charge in [-0.25, -0.2) is 0 Å². The summed E-state index contributed by atoms with van der Waals surface area (Å²) in [6.07, 6.45) is 31.7. The van der Waals surface area contributed by atoms with Gasteiger partial charge < -0.3 is 106 Å². The van der Waals surface area contributed by atoms with E-state index in [9.17, 15) is 4.79 Å². The van der Waals surface area contributed by atoms with Crippen molar-refractivity contribution < 1.29 is 47.4 Å². The van der Waals surface area contributed by atoms with Crippen molar-refractivity contribution in [2.24, 2.45) is 23.7 Å². The van der Waals surface area contributed by atoms with E-state index in [0.29, 0.717) is 32.2 Å². The van der Waals surface area contributed by atoms with Crippen molar-refractivity contribution in [2.45, 2.75) is 368 Å². The Morgan fingerprint density at radius 3 is 0.904 bits per heavy atom. The van der Waals surface area contributed by atoms with E-state index in [1.54, 1.807) is 4.90 Å². The number of amides is 1. The van der Waals surface area contributed by atoms with Crippen molar-refractivity contribution >= 4 is 29.9 Å². The Morgan fingerprint density at radius 2 is 0.630 bits per heavy atom. The molecule has 816 valence electrons. The third-order valence-corrected chi connectivity index (χ3v) is 22.0. The highest BCUT2D eigenvalue weighted by Gasteiger charge is 2.50. The van der Waals surface area contributed by atoms with Crippen molar-refractivity contribution in [2.75, 3.05) is 253 Å². The number of nitrogens with one attached hydrogen (secondary N) is 11. The third-order valence-electron chi connectivity index (χ3n) is 20.1. The fourth-order valence-electron chi connectivity index (χ4n) is 13.8. The van der Waals surface area contributed by atoms with Crippen molar-refractivity contribution in [1.82, 2.24) is 63.4 Å². The number of hydrogen-bond acceptors (Lipinski definition) is 23. The first kappa shape index (κ1) is 153.